The van der Waals surface area contributed by atoms with Crippen molar-refractivity contribution in [1.82, 2.24) is 15.5 Å². The number of hydrogen-bond donors (Lipinski definition) is 1. The smallest absolute Gasteiger partial charge is 0.284 e. The molecule has 3 rings (SSSR count). The van der Waals surface area contributed by atoms with Crippen molar-refractivity contribution in [3.8, 4) is 0 Å². The van der Waals surface area contributed by atoms with E-state index in [1.807, 2.05) is 6.92 Å². The van der Waals surface area contributed by atoms with Crippen molar-refractivity contribution < 1.29 is 9.72 Å². The van der Waals surface area contributed by atoms with Crippen molar-refractivity contribution in [3.05, 3.63) is 38.9 Å². The lowest BCUT2D eigenvalue weighted by molar-refractivity contribution is -0.387. The molecule has 1 amide bonds. The highest BCUT2D eigenvalue weighted by Crippen LogP contribution is 2.36. The predicted molar refractivity (Wildman–Crippen MR) is 82.4 cm³/mol. The molecule has 1 aromatic heterocycles. The van der Waals surface area contributed by atoms with Crippen molar-refractivity contribution in [2.75, 3.05) is 0 Å². The van der Waals surface area contributed by atoms with E-state index < -0.39 is 4.92 Å². The Morgan fingerprint density at radius 1 is 1.45 bits per heavy atom. The molecule has 0 atom stereocenters. The zero-order chi connectivity index (χ0) is 15.7. The summed E-state index contributed by atoms with van der Waals surface area (Å²) >= 11 is 2.55. The largest absolute Gasteiger partial charge is 0.349 e. The second-order valence-electron chi connectivity index (χ2n) is 4.88. The predicted octanol–water partition coefficient (Wildman–Crippen LogP) is 2.80. The standard InChI is InChI=1S/C13H12N4O3S2/c1-7-15-16-13(21-7)22-11-5-2-8(6-10(11)17(19)20)12(18)14-9-3-4-9/h2,5-6,9H,3-4H2,1H3,(H,14,18). The van der Waals surface area contributed by atoms with Crippen LogP contribution in [0.3, 0.4) is 0 Å². The lowest BCUT2D eigenvalue weighted by Gasteiger charge is -2.05. The van der Waals surface area contributed by atoms with Crippen LogP contribution in [0.4, 0.5) is 5.69 Å². The first kappa shape index (κ1) is 14.9. The summed E-state index contributed by atoms with van der Waals surface area (Å²) in [7, 11) is 0. The van der Waals surface area contributed by atoms with Crippen molar-refractivity contribution in [2.45, 2.75) is 35.0 Å². The molecule has 1 aliphatic carbocycles. The molecule has 0 saturated heterocycles. The average Bonchev–Trinajstić information content (AvgIpc) is 3.20. The van der Waals surface area contributed by atoms with E-state index in [9.17, 15) is 14.9 Å². The van der Waals surface area contributed by atoms with E-state index in [1.165, 1.54) is 29.2 Å². The maximum absolute atomic E-state index is 12.0. The summed E-state index contributed by atoms with van der Waals surface area (Å²) < 4.78 is 0.635. The molecule has 114 valence electrons. The SMILES string of the molecule is Cc1nnc(Sc2ccc(C(=O)NC3CC3)cc2[N+](=O)[O-])s1. The van der Waals surface area contributed by atoms with Gasteiger partial charge in [0.25, 0.3) is 11.6 Å². The van der Waals surface area contributed by atoms with Gasteiger partial charge in [0.05, 0.1) is 9.82 Å². The van der Waals surface area contributed by atoms with Gasteiger partial charge in [0, 0.05) is 17.7 Å². The molecule has 1 aliphatic rings. The minimum atomic E-state index is -0.482. The fourth-order valence-corrected chi connectivity index (χ4v) is 3.66. The fraction of sp³-hybridized carbons (Fsp3) is 0.308. The van der Waals surface area contributed by atoms with Gasteiger partial charge in [-0.2, -0.15) is 0 Å². The minimum Gasteiger partial charge on any atom is -0.349 e. The Bertz CT molecular complexity index is 743. The number of benzene rings is 1. The number of rotatable bonds is 5. The highest BCUT2D eigenvalue weighted by Gasteiger charge is 2.25. The molecule has 0 spiro atoms. The molecule has 7 nitrogen and oxygen atoms in total. The Hall–Kier alpha value is -2.00. The van der Waals surface area contributed by atoms with Crippen LogP contribution in [0.25, 0.3) is 0 Å². The van der Waals surface area contributed by atoms with Crippen LogP contribution in [-0.2, 0) is 0 Å². The van der Waals surface area contributed by atoms with Gasteiger partial charge in [0.1, 0.15) is 5.01 Å². The van der Waals surface area contributed by atoms with E-state index in [1.54, 1.807) is 12.1 Å². The van der Waals surface area contributed by atoms with Gasteiger partial charge in [-0.05, 0) is 31.9 Å². The molecule has 1 fully saturated rings. The Balaban J connectivity index is 1.86. The molecule has 1 aromatic carbocycles. The summed E-state index contributed by atoms with van der Waals surface area (Å²) in [4.78, 5) is 23.2. The number of nitro benzene ring substituents is 1. The van der Waals surface area contributed by atoms with Gasteiger partial charge < -0.3 is 5.32 Å². The zero-order valence-electron chi connectivity index (χ0n) is 11.6. The van der Waals surface area contributed by atoms with Crippen LogP contribution >= 0.6 is 23.1 Å². The highest BCUT2D eigenvalue weighted by molar-refractivity contribution is 8.01. The third kappa shape index (κ3) is 3.42. The number of aromatic nitrogens is 2. The Morgan fingerprint density at radius 2 is 2.23 bits per heavy atom. The molecule has 1 saturated carbocycles. The Morgan fingerprint density at radius 3 is 2.82 bits per heavy atom. The van der Waals surface area contributed by atoms with Crippen LogP contribution in [0.1, 0.15) is 28.2 Å². The molecule has 0 aliphatic heterocycles. The number of hydrogen-bond acceptors (Lipinski definition) is 7. The van der Waals surface area contributed by atoms with Crippen molar-refractivity contribution in [1.29, 1.82) is 0 Å². The normalized spacial score (nSPS) is 13.9. The van der Waals surface area contributed by atoms with E-state index in [-0.39, 0.29) is 17.6 Å². The summed E-state index contributed by atoms with van der Waals surface area (Å²) in [5.74, 6) is -0.270. The van der Waals surface area contributed by atoms with Gasteiger partial charge in [-0.1, -0.05) is 23.1 Å². The summed E-state index contributed by atoms with van der Waals surface area (Å²) in [6, 6.07) is 4.71. The molecule has 2 aromatic rings. The highest BCUT2D eigenvalue weighted by atomic mass is 32.2. The third-order valence-electron chi connectivity index (χ3n) is 3.04. The number of aryl methyl sites for hydroxylation is 1. The van der Waals surface area contributed by atoms with Crippen LogP contribution in [0, 0.1) is 17.0 Å². The molecule has 1 heterocycles. The summed E-state index contributed by atoms with van der Waals surface area (Å²) in [6.45, 7) is 1.82. The Labute approximate surface area is 134 Å². The van der Waals surface area contributed by atoms with Gasteiger partial charge in [-0.25, -0.2) is 0 Å². The number of nitrogens with one attached hydrogen (secondary N) is 1. The maximum Gasteiger partial charge on any atom is 0.284 e. The van der Waals surface area contributed by atoms with E-state index in [4.69, 9.17) is 0 Å². The summed E-state index contributed by atoms with van der Waals surface area (Å²) in [5, 5.41) is 22.7. The number of amides is 1. The van der Waals surface area contributed by atoms with Gasteiger partial charge in [-0.3, -0.25) is 14.9 Å². The maximum atomic E-state index is 12.0. The minimum absolute atomic E-state index is 0.0960. The van der Waals surface area contributed by atoms with Crippen LogP contribution in [0.5, 0.6) is 0 Å². The molecule has 1 N–H and O–H groups in total. The first-order chi connectivity index (χ1) is 10.5. The van der Waals surface area contributed by atoms with Gasteiger partial charge in [0.15, 0.2) is 4.34 Å². The second kappa shape index (κ2) is 6.01. The fourth-order valence-electron chi connectivity index (χ4n) is 1.80. The van der Waals surface area contributed by atoms with Crippen LogP contribution in [0.2, 0.25) is 0 Å². The number of carbonyl (C=O) groups excluding carboxylic acids is 1. The van der Waals surface area contributed by atoms with Gasteiger partial charge >= 0.3 is 0 Å². The molecular formula is C13H12N4O3S2. The van der Waals surface area contributed by atoms with Gasteiger partial charge in [0.2, 0.25) is 0 Å². The van der Waals surface area contributed by atoms with Crippen molar-refractivity contribution in [2.24, 2.45) is 0 Å². The van der Waals surface area contributed by atoms with Crippen LogP contribution in [-0.4, -0.2) is 27.1 Å². The second-order valence-corrected chi connectivity index (χ2v) is 7.35. The van der Waals surface area contributed by atoms with Crippen molar-refractivity contribution >= 4 is 34.7 Å². The van der Waals surface area contributed by atoms with E-state index >= 15 is 0 Å². The number of nitrogens with zero attached hydrogens (tertiary/aromatic N) is 3. The molecule has 0 unspecified atom stereocenters. The third-order valence-corrected chi connectivity index (χ3v) is 4.99. The first-order valence-electron chi connectivity index (χ1n) is 6.60. The van der Waals surface area contributed by atoms with Crippen molar-refractivity contribution in [3.63, 3.8) is 0 Å². The van der Waals surface area contributed by atoms with Gasteiger partial charge in [-0.15, -0.1) is 10.2 Å². The topological polar surface area (TPSA) is 98.0 Å². The monoisotopic (exact) mass is 336 g/mol. The molecule has 0 bridgehead atoms. The lowest BCUT2D eigenvalue weighted by Crippen LogP contribution is -2.25. The Kier molecular flexibility index (Phi) is 4.08. The average molecular weight is 336 g/mol. The summed E-state index contributed by atoms with van der Waals surface area (Å²) in [5.41, 5.74) is 0.206. The first-order valence-corrected chi connectivity index (χ1v) is 8.23. The molecule has 0 radical (unpaired) electrons. The van der Waals surface area contributed by atoms with E-state index in [2.05, 4.69) is 15.5 Å². The molecule has 22 heavy (non-hydrogen) atoms. The van der Waals surface area contributed by atoms with Crippen LogP contribution < -0.4 is 5.32 Å². The quantitative estimate of drug-likeness (QED) is 0.666. The number of carbonyl (C=O) groups is 1. The molecular weight excluding hydrogens is 324 g/mol. The molecule has 9 heteroatoms. The number of nitro groups is 1. The summed E-state index contributed by atoms with van der Waals surface area (Å²) in [6.07, 6.45) is 1.94. The lowest BCUT2D eigenvalue weighted by atomic mass is 10.2. The van der Waals surface area contributed by atoms with E-state index in [0.717, 1.165) is 17.8 Å². The van der Waals surface area contributed by atoms with E-state index in [0.29, 0.717) is 14.8 Å². The zero-order valence-corrected chi connectivity index (χ0v) is 13.2. The van der Waals surface area contributed by atoms with Crippen LogP contribution in [0.15, 0.2) is 27.4 Å².